The Morgan fingerprint density at radius 2 is 2.25 bits per heavy atom. The van der Waals surface area contributed by atoms with Gasteiger partial charge in [0, 0.05) is 13.1 Å². The molecule has 1 aliphatic heterocycles. The van der Waals surface area contributed by atoms with Gasteiger partial charge < -0.3 is 14.7 Å². The van der Waals surface area contributed by atoms with Gasteiger partial charge in [-0.1, -0.05) is 0 Å². The van der Waals surface area contributed by atoms with Crippen molar-refractivity contribution in [2.75, 3.05) is 24.6 Å². The summed E-state index contributed by atoms with van der Waals surface area (Å²) in [5.41, 5.74) is 0.0462. The lowest BCUT2D eigenvalue weighted by Crippen LogP contribution is -2.48. The SMILES string of the molecule is Cc1nc(Cl)nc(N2CC(C)OC(CO)C2)c1[N+](=O)[O-]. The van der Waals surface area contributed by atoms with E-state index in [9.17, 15) is 15.2 Å². The maximum absolute atomic E-state index is 11.2. The summed E-state index contributed by atoms with van der Waals surface area (Å²) in [5.74, 6) is 0.168. The fourth-order valence-corrected chi connectivity index (χ4v) is 2.48. The molecule has 1 aliphatic rings. The fraction of sp³-hybridized carbons (Fsp3) is 0.636. The number of hydrogen-bond acceptors (Lipinski definition) is 7. The Balaban J connectivity index is 2.43. The zero-order valence-corrected chi connectivity index (χ0v) is 11.9. The lowest BCUT2D eigenvalue weighted by molar-refractivity contribution is -0.385. The van der Waals surface area contributed by atoms with Gasteiger partial charge in [-0.25, -0.2) is 4.98 Å². The van der Waals surface area contributed by atoms with E-state index in [1.54, 1.807) is 4.90 Å². The van der Waals surface area contributed by atoms with Gasteiger partial charge in [-0.05, 0) is 25.4 Å². The van der Waals surface area contributed by atoms with Crippen LogP contribution >= 0.6 is 11.6 Å². The number of aryl methyl sites for hydroxylation is 1. The summed E-state index contributed by atoms with van der Waals surface area (Å²) in [4.78, 5) is 20.2. The molecule has 0 amide bonds. The van der Waals surface area contributed by atoms with Gasteiger partial charge in [0.2, 0.25) is 11.1 Å². The molecule has 2 unspecified atom stereocenters. The van der Waals surface area contributed by atoms with Crippen LogP contribution in [0.5, 0.6) is 0 Å². The first-order chi connectivity index (χ1) is 9.42. The quantitative estimate of drug-likeness (QED) is 0.503. The van der Waals surface area contributed by atoms with Gasteiger partial charge in [0.25, 0.3) is 0 Å². The predicted octanol–water partition coefficient (Wildman–Crippen LogP) is 0.933. The molecule has 9 heteroatoms. The maximum Gasteiger partial charge on any atom is 0.332 e. The van der Waals surface area contributed by atoms with E-state index in [-0.39, 0.29) is 35.2 Å². The summed E-state index contributed by atoms with van der Waals surface area (Å²) in [6.45, 7) is 3.93. The molecule has 2 atom stereocenters. The van der Waals surface area contributed by atoms with Crippen LogP contribution in [0, 0.1) is 17.0 Å². The third-order valence-electron chi connectivity index (χ3n) is 3.02. The van der Waals surface area contributed by atoms with Crippen LogP contribution in [0.25, 0.3) is 0 Å². The lowest BCUT2D eigenvalue weighted by Gasteiger charge is -2.36. The van der Waals surface area contributed by atoms with Crippen LogP contribution in [0.3, 0.4) is 0 Å². The molecule has 20 heavy (non-hydrogen) atoms. The highest BCUT2D eigenvalue weighted by Gasteiger charge is 2.32. The smallest absolute Gasteiger partial charge is 0.332 e. The first-order valence-electron chi connectivity index (χ1n) is 6.12. The molecule has 0 radical (unpaired) electrons. The van der Waals surface area contributed by atoms with Crippen molar-refractivity contribution in [3.8, 4) is 0 Å². The Kier molecular flexibility index (Phi) is 4.36. The molecular weight excluding hydrogens is 288 g/mol. The maximum atomic E-state index is 11.2. The van der Waals surface area contributed by atoms with Crippen molar-refractivity contribution < 1.29 is 14.8 Å². The standard InChI is InChI=1S/C11H15ClN4O4/c1-6-3-15(4-8(5-17)20-6)10-9(16(18)19)7(2)13-11(12)14-10/h6,8,17H,3-5H2,1-2H3. The number of aliphatic hydroxyl groups is 1. The zero-order valence-electron chi connectivity index (χ0n) is 11.1. The molecule has 2 heterocycles. The van der Waals surface area contributed by atoms with Gasteiger partial charge in [0.05, 0.1) is 23.7 Å². The molecule has 0 bridgehead atoms. The lowest BCUT2D eigenvalue weighted by atomic mass is 10.2. The van der Waals surface area contributed by atoms with Crippen LogP contribution in [0.1, 0.15) is 12.6 Å². The van der Waals surface area contributed by atoms with E-state index in [2.05, 4.69) is 9.97 Å². The first-order valence-corrected chi connectivity index (χ1v) is 6.50. The van der Waals surface area contributed by atoms with Gasteiger partial charge >= 0.3 is 5.69 Å². The van der Waals surface area contributed by atoms with Crippen LogP contribution in [-0.4, -0.2) is 51.9 Å². The number of hydrogen-bond donors (Lipinski definition) is 1. The Hall–Kier alpha value is -1.51. The van der Waals surface area contributed by atoms with Gasteiger partial charge in [-0.2, -0.15) is 4.98 Å². The Morgan fingerprint density at radius 1 is 1.55 bits per heavy atom. The second kappa shape index (κ2) is 5.86. The minimum Gasteiger partial charge on any atom is -0.394 e. The first kappa shape index (κ1) is 14.9. The highest BCUT2D eigenvalue weighted by Crippen LogP contribution is 2.31. The molecule has 1 aromatic rings. The zero-order chi connectivity index (χ0) is 14.9. The third kappa shape index (κ3) is 2.97. The Bertz CT molecular complexity index is 527. The van der Waals surface area contributed by atoms with Gasteiger partial charge in [0.1, 0.15) is 5.69 Å². The average Bonchev–Trinajstić information content (AvgIpc) is 2.36. The number of ether oxygens (including phenoxy) is 1. The van der Waals surface area contributed by atoms with E-state index < -0.39 is 11.0 Å². The van der Waals surface area contributed by atoms with E-state index >= 15 is 0 Å². The van der Waals surface area contributed by atoms with Crippen molar-refractivity contribution in [3.63, 3.8) is 0 Å². The Morgan fingerprint density at radius 3 is 2.85 bits per heavy atom. The summed E-state index contributed by atoms with van der Waals surface area (Å²) in [6.07, 6.45) is -0.582. The summed E-state index contributed by atoms with van der Waals surface area (Å²) in [6, 6.07) is 0. The fourth-order valence-electron chi connectivity index (χ4n) is 2.27. The summed E-state index contributed by atoms with van der Waals surface area (Å²) < 4.78 is 5.51. The summed E-state index contributed by atoms with van der Waals surface area (Å²) in [5, 5.41) is 20.4. The van der Waals surface area contributed by atoms with Gasteiger partial charge in [-0.15, -0.1) is 0 Å². The number of nitro groups is 1. The minimum absolute atomic E-state index is 0.0391. The highest BCUT2D eigenvalue weighted by molar-refractivity contribution is 6.28. The van der Waals surface area contributed by atoms with Crippen molar-refractivity contribution >= 4 is 23.1 Å². The van der Waals surface area contributed by atoms with Gasteiger partial charge in [0.15, 0.2) is 0 Å². The molecule has 110 valence electrons. The number of morpholine rings is 1. The minimum atomic E-state index is -0.519. The van der Waals surface area contributed by atoms with Crippen LogP contribution in [0.4, 0.5) is 11.5 Å². The number of halogens is 1. The number of aliphatic hydroxyl groups excluding tert-OH is 1. The van der Waals surface area contributed by atoms with Crippen LogP contribution in [0.15, 0.2) is 0 Å². The van der Waals surface area contributed by atoms with Crippen molar-refractivity contribution in [3.05, 3.63) is 21.1 Å². The molecule has 2 rings (SSSR count). The van der Waals surface area contributed by atoms with E-state index in [0.717, 1.165) is 0 Å². The normalized spacial score (nSPS) is 22.9. The van der Waals surface area contributed by atoms with Crippen molar-refractivity contribution in [1.82, 2.24) is 9.97 Å². The second-order valence-electron chi connectivity index (χ2n) is 4.66. The molecule has 1 saturated heterocycles. The largest absolute Gasteiger partial charge is 0.394 e. The summed E-state index contributed by atoms with van der Waals surface area (Å²) >= 11 is 5.80. The van der Waals surface area contributed by atoms with E-state index in [1.807, 2.05) is 6.92 Å². The molecule has 0 aromatic carbocycles. The molecule has 0 saturated carbocycles. The molecule has 1 N–H and O–H groups in total. The van der Waals surface area contributed by atoms with Crippen LogP contribution in [-0.2, 0) is 4.74 Å². The topological polar surface area (TPSA) is 102 Å². The van der Waals surface area contributed by atoms with Crippen molar-refractivity contribution in [2.45, 2.75) is 26.1 Å². The molecule has 1 aromatic heterocycles. The third-order valence-corrected chi connectivity index (χ3v) is 3.19. The van der Waals surface area contributed by atoms with Crippen LogP contribution < -0.4 is 4.90 Å². The molecule has 0 aliphatic carbocycles. The second-order valence-corrected chi connectivity index (χ2v) is 5.00. The van der Waals surface area contributed by atoms with E-state index in [1.165, 1.54) is 6.92 Å². The number of rotatable bonds is 3. The monoisotopic (exact) mass is 302 g/mol. The number of aromatic nitrogens is 2. The highest BCUT2D eigenvalue weighted by atomic mass is 35.5. The van der Waals surface area contributed by atoms with E-state index in [0.29, 0.717) is 13.1 Å². The molecule has 8 nitrogen and oxygen atoms in total. The van der Waals surface area contributed by atoms with Crippen molar-refractivity contribution in [1.29, 1.82) is 0 Å². The van der Waals surface area contributed by atoms with Crippen molar-refractivity contribution in [2.24, 2.45) is 0 Å². The van der Waals surface area contributed by atoms with Gasteiger partial charge in [-0.3, -0.25) is 10.1 Å². The number of nitrogens with zero attached hydrogens (tertiary/aromatic N) is 4. The predicted molar refractivity (Wildman–Crippen MR) is 72.1 cm³/mol. The average molecular weight is 303 g/mol. The van der Waals surface area contributed by atoms with Crippen LogP contribution in [0.2, 0.25) is 5.28 Å². The molecule has 0 spiro atoms. The molecule has 1 fully saturated rings. The number of anilines is 1. The summed E-state index contributed by atoms with van der Waals surface area (Å²) in [7, 11) is 0. The van der Waals surface area contributed by atoms with E-state index in [4.69, 9.17) is 16.3 Å². The molecular formula is C11H15ClN4O4. The Labute approximate surface area is 120 Å².